The lowest BCUT2D eigenvalue weighted by Gasteiger charge is -2.36. The molecule has 10 nitrogen and oxygen atoms in total. The van der Waals surface area contributed by atoms with Crippen LogP contribution in [0.15, 0.2) is 48.5 Å². The molecular weight excluding hydrogens is 474 g/mol. The number of para-hydroxylation sites is 1. The summed E-state index contributed by atoms with van der Waals surface area (Å²) in [5, 5.41) is 5.41. The van der Waals surface area contributed by atoms with E-state index in [0.717, 1.165) is 18.0 Å². The largest absolute Gasteiger partial charge is 0.385 e. The van der Waals surface area contributed by atoms with Gasteiger partial charge in [0.05, 0.1) is 11.1 Å². The van der Waals surface area contributed by atoms with E-state index in [-0.39, 0.29) is 29.9 Å². The van der Waals surface area contributed by atoms with E-state index in [0.29, 0.717) is 38.2 Å². The van der Waals surface area contributed by atoms with Crippen LogP contribution >= 0.6 is 0 Å². The zero-order chi connectivity index (χ0) is 25.9. The van der Waals surface area contributed by atoms with Crippen LogP contribution in [0.2, 0.25) is 0 Å². The minimum Gasteiger partial charge on any atom is -0.385 e. The smallest absolute Gasteiger partial charge is 0.262 e. The van der Waals surface area contributed by atoms with Gasteiger partial charge in [-0.15, -0.1) is 0 Å². The van der Waals surface area contributed by atoms with Crippen LogP contribution in [-0.4, -0.2) is 78.1 Å². The quantitative estimate of drug-likeness (QED) is 0.435. The Bertz CT molecular complexity index is 1240. The summed E-state index contributed by atoms with van der Waals surface area (Å²) in [5.74, 6) is -1.97. The molecule has 0 radical (unpaired) electrons. The Balaban J connectivity index is 1.10. The van der Waals surface area contributed by atoms with E-state index < -0.39 is 29.7 Å². The summed E-state index contributed by atoms with van der Waals surface area (Å²) in [5.41, 5.74) is 2.31. The first kappa shape index (κ1) is 24.5. The first-order valence-corrected chi connectivity index (χ1v) is 12.6. The minimum absolute atomic E-state index is 0.0814. The van der Waals surface area contributed by atoms with Crippen LogP contribution in [0, 0.1) is 0 Å². The van der Waals surface area contributed by atoms with Crippen molar-refractivity contribution >= 4 is 40.9 Å². The molecule has 2 aromatic carbocycles. The Kier molecular flexibility index (Phi) is 6.89. The van der Waals surface area contributed by atoms with Gasteiger partial charge in [0.25, 0.3) is 11.8 Å². The van der Waals surface area contributed by atoms with Gasteiger partial charge in [0.15, 0.2) is 0 Å². The second kappa shape index (κ2) is 10.4. The third-order valence-electron chi connectivity index (χ3n) is 7.09. The van der Waals surface area contributed by atoms with Crippen LogP contribution in [0.3, 0.4) is 0 Å². The monoisotopic (exact) mass is 503 g/mol. The van der Waals surface area contributed by atoms with Gasteiger partial charge in [0.2, 0.25) is 17.7 Å². The molecule has 2 N–H and O–H groups in total. The summed E-state index contributed by atoms with van der Waals surface area (Å²) in [6, 6.07) is 14.1. The highest BCUT2D eigenvalue weighted by Crippen LogP contribution is 2.29. The number of nitrogens with one attached hydrogen (secondary N) is 2. The van der Waals surface area contributed by atoms with Gasteiger partial charge in [0, 0.05) is 56.9 Å². The zero-order valence-corrected chi connectivity index (χ0v) is 20.4. The van der Waals surface area contributed by atoms with Crippen molar-refractivity contribution in [2.75, 3.05) is 42.9 Å². The van der Waals surface area contributed by atoms with Crippen LogP contribution in [0.1, 0.15) is 46.4 Å². The molecule has 192 valence electrons. The Morgan fingerprint density at radius 3 is 2.38 bits per heavy atom. The molecule has 1 atom stereocenters. The molecule has 0 aromatic heterocycles. The average molecular weight is 504 g/mol. The molecular formula is C27H29N5O5. The van der Waals surface area contributed by atoms with E-state index in [4.69, 9.17) is 0 Å². The number of piperidine rings is 1. The molecule has 1 unspecified atom stereocenters. The number of carbonyl (C=O) groups is 5. The maximum atomic E-state index is 13.0. The lowest BCUT2D eigenvalue weighted by molar-refractivity contribution is -0.136. The molecule has 5 rings (SSSR count). The molecule has 2 aromatic rings. The lowest BCUT2D eigenvalue weighted by Crippen LogP contribution is -2.54. The highest BCUT2D eigenvalue weighted by Gasteiger charge is 2.44. The molecule has 0 aliphatic carbocycles. The van der Waals surface area contributed by atoms with Gasteiger partial charge in [-0.05, 0) is 43.2 Å². The van der Waals surface area contributed by atoms with Gasteiger partial charge in [-0.25, -0.2) is 0 Å². The first-order chi connectivity index (χ1) is 17.9. The fourth-order valence-electron chi connectivity index (χ4n) is 5.06. The van der Waals surface area contributed by atoms with Crippen molar-refractivity contribution in [3.8, 4) is 0 Å². The number of amides is 5. The molecule has 37 heavy (non-hydrogen) atoms. The molecule has 10 heteroatoms. The van der Waals surface area contributed by atoms with Crippen LogP contribution in [0.4, 0.5) is 11.4 Å². The topological polar surface area (TPSA) is 119 Å². The molecule has 2 saturated heterocycles. The van der Waals surface area contributed by atoms with Gasteiger partial charge < -0.3 is 15.1 Å². The van der Waals surface area contributed by atoms with Crippen molar-refractivity contribution < 1.29 is 24.0 Å². The van der Waals surface area contributed by atoms with Crippen LogP contribution < -0.4 is 15.5 Å². The summed E-state index contributed by atoms with van der Waals surface area (Å²) in [4.78, 5) is 67.2. The van der Waals surface area contributed by atoms with Gasteiger partial charge in [-0.3, -0.25) is 34.2 Å². The highest BCUT2D eigenvalue weighted by molar-refractivity contribution is 6.23. The fraction of sp³-hybridized carbons (Fsp3) is 0.370. The van der Waals surface area contributed by atoms with Gasteiger partial charge in [0.1, 0.15) is 6.04 Å². The number of hydrogen-bond acceptors (Lipinski definition) is 7. The fourth-order valence-corrected chi connectivity index (χ4v) is 5.06. The van der Waals surface area contributed by atoms with Crippen molar-refractivity contribution in [2.45, 2.75) is 31.7 Å². The summed E-state index contributed by atoms with van der Waals surface area (Å²) in [7, 11) is 0. The number of carbonyl (C=O) groups excluding carboxylic acids is 5. The predicted octanol–water partition coefficient (Wildman–Crippen LogP) is 1.63. The summed E-state index contributed by atoms with van der Waals surface area (Å²) >= 11 is 0. The van der Waals surface area contributed by atoms with Crippen molar-refractivity contribution in [3.05, 3.63) is 59.7 Å². The standard InChI is InChI=1S/C27H29N5O5/c33-23-11-10-22(25(35)29-23)32-26(36)20-9-8-18(17-21(20)27(32)37)28-12-4-7-24(34)31-15-13-30(14-16-31)19-5-2-1-3-6-19/h1-3,5-6,8-9,17,22,28H,4,7,10-16H2,(H,29,33,35). The lowest BCUT2D eigenvalue weighted by atomic mass is 10.0. The normalized spacial score (nSPS) is 19.7. The van der Waals surface area contributed by atoms with Crippen molar-refractivity contribution in [1.82, 2.24) is 15.1 Å². The number of imide groups is 2. The average Bonchev–Trinajstić information content (AvgIpc) is 3.16. The summed E-state index contributed by atoms with van der Waals surface area (Å²) in [6.45, 7) is 3.56. The van der Waals surface area contributed by atoms with E-state index in [1.165, 1.54) is 5.69 Å². The number of nitrogens with zero attached hydrogens (tertiary/aromatic N) is 3. The molecule has 3 heterocycles. The SMILES string of the molecule is O=C1CCC(N2C(=O)c3ccc(NCCCC(=O)N4CCN(c5ccccc5)CC4)cc3C2=O)C(=O)N1. The molecule has 0 bridgehead atoms. The van der Waals surface area contributed by atoms with E-state index >= 15 is 0 Å². The Morgan fingerprint density at radius 2 is 1.65 bits per heavy atom. The number of hydrogen-bond donors (Lipinski definition) is 2. The Labute approximate surface area is 214 Å². The van der Waals surface area contributed by atoms with Crippen molar-refractivity contribution in [2.24, 2.45) is 0 Å². The van der Waals surface area contributed by atoms with E-state index in [1.807, 2.05) is 23.1 Å². The number of benzene rings is 2. The van der Waals surface area contributed by atoms with E-state index in [9.17, 15) is 24.0 Å². The van der Waals surface area contributed by atoms with Gasteiger partial charge >= 0.3 is 0 Å². The van der Waals surface area contributed by atoms with Crippen molar-refractivity contribution in [3.63, 3.8) is 0 Å². The summed E-state index contributed by atoms with van der Waals surface area (Å²) < 4.78 is 0. The van der Waals surface area contributed by atoms with E-state index in [2.05, 4.69) is 27.7 Å². The molecule has 3 aliphatic heterocycles. The zero-order valence-electron chi connectivity index (χ0n) is 20.4. The first-order valence-electron chi connectivity index (χ1n) is 12.6. The van der Waals surface area contributed by atoms with E-state index in [1.54, 1.807) is 18.2 Å². The Morgan fingerprint density at radius 1 is 0.919 bits per heavy atom. The number of anilines is 2. The van der Waals surface area contributed by atoms with Gasteiger partial charge in [-0.1, -0.05) is 18.2 Å². The molecule has 0 saturated carbocycles. The van der Waals surface area contributed by atoms with Gasteiger partial charge in [-0.2, -0.15) is 0 Å². The van der Waals surface area contributed by atoms with Crippen molar-refractivity contribution in [1.29, 1.82) is 0 Å². The second-order valence-electron chi connectivity index (χ2n) is 9.44. The maximum Gasteiger partial charge on any atom is 0.262 e. The third-order valence-corrected chi connectivity index (χ3v) is 7.09. The number of fused-ring (bicyclic) bond motifs is 1. The van der Waals surface area contributed by atoms with Crippen LogP contribution in [0.25, 0.3) is 0 Å². The van der Waals surface area contributed by atoms with Crippen LogP contribution in [-0.2, 0) is 14.4 Å². The number of rotatable bonds is 7. The summed E-state index contributed by atoms with van der Waals surface area (Å²) in [6.07, 6.45) is 1.25. The predicted molar refractivity (Wildman–Crippen MR) is 136 cm³/mol. The number of piperazine rings is 1. The highest BCUT2D eigenvalue weighted by atomic mass is 16.2. The Hall–Kier alpha value is -4.21. The minimum atomic E-state index is -0.984. The third kappa shape index (κ3) is 5.04. The molecule has 5 amide bonds. The van der Waals surface area contributed by atoms with Crippen LogP contribution in [0.5, 0.6) is 0 Å². The molecule has 3 aliphatic rings. The second-order valence-corrected chi connectivity index (χ2v) is 9.44. The maximum absolute atomic E-state index is 13.0. The molecule has 0 spiro atoms. The molecule has 2 fully saturated rings.